The zero-order valence-electron chi connectivity index (χ0n) is 20.6. The zero-order chi connectivity index (χ0) is 22.0. The van der Waals surface area contributed by atoms with Gasteiger partial charge < -0.3 is 14.4 Å². The van der Waals surface area contributed by atoms with Gasteiger partial charge in [0.15, 0.2) is 0 Å². The lowest BCUT2D eigenvalue weighted by atomic mass is 10.0. The molecule has 0 aliphatic carbocycles. The third-order valence-corrected chi connectivity index (χ3v) is 5.51. The number of nitrogens with zero attached hydrogens (tertiary/aromatic N) is 2. The molecule has 0 unspecified atom stereocenters. The first-order chi connectivity index (χ1) is 14.6. The standard InChI is InChI=1S/C26H48N2O2/c1-6-8-19-29-20-17-15-13-11-10-12-14-16-18-24-26(30-21-9-7-2)23(3)22-25(27-24)28(4)5/h22H,6-21H2,1-5H3. The van der Waals surface area contributed by atoms with Gasteiger partial charge in [0.25, 0.3) is 0 Å². The SMILES string of the molecule is CCCCOCCCCCCCCCCc1nc(N(C)C)cc(C)c1OCCCC. The summed E-state index contributed by atoms with van der Waals surface area (Å²) >= 11 is 0. The van der Waals surface area contributed by atoms with Crippen LogP contribution < -0.4 is 9.64 Å². The van der Waals surface area contributed by atoms with Crippen molar-refractivity contribution in [1.82, 2.24) is 4.98 Å². The van der Waals surface area contributed by atoms with Crippen LogP contribution in [-0.2, 0) is 11.2 Å². The fourth-order valence-electron chi connectivity index (χ4n) is 3.53. The van der Waals surface area contributed by atoms with Gasteiger partial charge in [-0.15, -0.1) is 0 Å². The van der Waals surface area contributed by atoms with E-state index in [2.05, 4.69) is 45.8 Å². The second-order valence-corrected chi connectivity index (χ2v) is 8.71. The van der Waals surface area contributed by atoms with Crippen LogP contribution in [0.5, 0.6) is 5.75 Å². The van der Waals surface area contributed by atoms with Gasteiger partial charge >= 0.3 is 0 Å². The van der Waals surface area contributed by atoms with Crippen LogP contribution in [0.15, 0.2) is 6.07 Å². The van der Waals surface area contributed by atoms with Gasteiger partial charge in [0, 0.05) is 27.3 Å². The van der Waals surface area contributed by atoms with Gasteiger partial charge in [-0.2, -0.15) is 0 Å². The molecule has 174 valence electrons. The Bertz CT molecular complexity index is 546. The van der Waals surface area contributed by atoms with Crippen LogP contribution in [0.4, 0.5) is 5.82 Å². The van der Waals surface area contributed by atoms with Gasteiger partial charge in [-0.05, 0) is 50.7 Å². The molecule has 1 rings (SSSR count). The van der Waals surface area contributed by atoms with Crippen molar-refractivity contribution in [3.05, 3.63) is 17.3 Å². The van der Waals surface area contributed by atoms with E-state index in [0.717, 1.165) is 56.3 Å². The lowest BCUT2D eigenvalue weighted by Crippen LogP contribution is -2.13. The Hall–Kier alpha value is -1.29. The highest BCUT2D eigenvalue weighted by Gasteiger charge is 2.12. The van der Waals surface area contributed by atoms with Crippen molar-refractivity contribution >= 4 is 5.82 Å². The van der Waals surface area contributed by atoms with Crippen LogP contribution in [0.1, 0.15) is 102 Å². The number of rotatable bonds is 19. The summed E-state index contributed by atoms with van der Waals surface area (Å²) in [6.45, 7) is 9.23. The Kier molecular flexibility index (Phi) is 15.5. The minimum Gasteiger partial charge on any atom is -0.491 e. The molecule has 0 fully saturated rings. The fraction of sp³-hybridized carbons (Fsp3) is 0.808. The molecule has 1 aromatic heterocycles. The molecule has 1 aromatic rings. The molecular formula is C26H48N2O2. The Labute approximate surface area is 186 Å². The van der Waals surface area contributed by atoms with Crippen molar-refractivity contribution in [2.24, 2.45) is 0 Å². The van der Waals surface area contributed by atoms with Crippen molar-refractivity contribution < 1.29 is 9.47 Å². The molecule has 0 amide bonds. The maximum atomic E-state index is 6.12. The maximum absolute atomic E-state index is 6.12. The van der Waals surface area contributed by atoms with Crippen LogP contribution in [0.3, 0.4) is 0 Å². The lowest BCUT2D eigenvalue weighted by Gasteiger charge is -2.18. The van der Waals surface area contributed by atoms with Gasteiger partial charge in [0.05, 0.1) is 12.3 Å². The molecular weight excluding hydrogens is 372 g/mol. The number of unbranched alkanes of at least 4 members (excludes halogenated alkanes) is 9. The monoisotopic (exact) mass is 420 g/mol. The first-order valence-electron chi connectivity index (χ1n) is 12.5. The van der Waals surface area contributed by atoms with Crippen LogP contribution in [-0.4, -0.2) is 38.9 Å². The molecule has 0 bridgehead atoms. The zero-order valence-corrected chi connectivity index (χ0v) is 20.6. The summed E-state index contributed by atoms with van der Waals surface area (Å²) in [5.74, 6) is 2.05. The summed E-state index contributed by atoms with van der Waals surface area (Å²) in [5.41, 5.74) is 2.34. The van der Waals surface area contributed by atoms with Crippen molar-refractivity contribution in [1.29, 1.82) is 0 Å². The van der Waals surface area contributed by atoms with E-state index in [9.17, 15) is 0 Å². The minimum atomic E-state index is 0.789. The topological polar surface area (TPSA) is 34.6 Å². The number of aryl methyl sites for hydroxylation is 2. The highest BCUT2D eigenvalue weighted by Crippen LogP contribution is 2.28. The molecule has 30 heavy (non-hydrogen) atoms. The molecule has 1 heterocycles. The average Bonchev–Trinajstić information content (AvgIpc) is 2.72. The predicted octanol–water partition coefficient (Wildman–Crippen LogP) is 7.11. The van der Waals surface area contributed by atoms with E-state index in [1.807, 2.05) is 0 Å². The molecule has 0 saturated heterocycles. The Balaban J connectivity index is 2.26. The second-order valence-electron chi connectivity index (χ2n) is 8.71. The highest BCUT2D eigenvalue weighted by molar-refractivity contribution is 5.48. The van der Waals surface area contributed by atoms with E-state index in [-0.39, 0.29) is 0 Å². The van der Waals surface area contributed by atoms with Gasteiger partial charge in [0.1, 0.15) is 11.6 Å². The Morgan fingerprint density at radius 2 is 1.33 bits per heavy atom. The molecule has 4 heteroatoms. The van der Waals surface area contributed by atoms with Crippen molar-refractivity contribution in [3.63, 3.8) is 0 Å². The number of pyridine rings is 1. The molecule has 0 N–H and O–H groups in total. The smallest absolute Gasteiger partial charge is 0.143 e. The van der Waals surface area contributed by atoms with Crippen molar-refractivity contribution in [2.45, 2.75) is 104 Å². The van der Waals surface area contributed by atoms with Gasteiger partial charge in [0.2, 0.25) is 0 Å². The average molecular weight is 421 g/mol. The molecule has 0 atom stereocenters. The third-order valence-electron chi connectivity index (χ3n) is 5.51. The first kappa shape index (κ1) is 26.7. The van der Waals surface area contributed by atoms with Crippen LogP contribution in [0.2, 0.25) is 0 Å². The van der Waals surface area contributed by atoms with Crippen molar-refractivity contribution in [3.8, 4) is 5.75 Å². The highest BCUT2D eigenvalue weighted by atomic mass is 16.5. The molecule has 0 aliphatic heterocycles. The van der Waals surface area contributed by atoms with Gasteiger partial charge in [-0.1, -0.05) is 65.2 Å². The third kappa shape index (κ3) is 11.8. The van der Waals surface area contributed by atoms with E-state index in [4.69, 9.17) is 14.5 Å². The molecule has 0 spiro atoms. The molecule has 4 nitrogen and oxygen atoms in total. The summed E-state index contributed by atoms with van der Waals surface area (Å²) in [7, 11) is 4.11. The summed E-state index contributed by atoms with van der Waals surface area (Å²) in [5, 5.41) is 0. The normalized spacial score (nSPS) is 11.1. The van der Waals surface area contributed by atoms with E-state index in [1.165, 1.54) is 69.8 Å². The summed E-state index contributed by atoms with van der Waals surface area (Å²) < 4.78 is 11.7. The first-order valence-corrected chi connectivity index (χ1v) is 12.5. The predicted molar refractivity (Wildman–Crippen MR) is 130 cm³/mol. The number of aromatic nitrogens is 1. The number of hydrogen-bond acceptors (Lipinski definition) is 4. The van der Waals surface area contributed by atoms with E-state index < -0.39 is 0 Å². The molecule has 0 saturated carbocycles. The van der Waals surface area contributed by atoms with Crippen LogP contribution in [0.25, 0.3) is 0 Å². The van der Waals surface area contributed by atoms with Crippen LogP contribution in [0, 0.1) is 6.92 Å². The van der Waals surface area contributed by atoms with E-state index in [0.29, 0.717) is 0 Å². The second kappa shape index (κ2) is 17.4. The van der Waals surface area contributed by atoms with Gasteiger partial charge in [-0.25, -0.2) is 4.98 Å². The number of hydrogen-bond donors (Lipinski definition) is 0. The fourth-order valence-corrected chi connectivity index (χ4v) is 3.53. The Morgan fingerprint density at radius 3 is 1.97 bits per heavy atom. The lowest BCUT2D eigenvalue weighted by molar-refractivity contribution is 0.127. The minimum absolute atomic E-state index is 0.789. The maximum Gasteiger partial charge on any atom is 0.143 e. The van der Waals surface area contributed by atoms with E-state index in [1.54, 1.807) is 0 Å². The molecule has 0 aromatic carbocycles. The molecule has 0 aliphatic rings. The van der Waals surface area contributed by atoms with Gasteiger partial charge in [-0.3, -0.25) is 0 Å². The van der Waals surface area contributed by atoms with Crippen molar-refractivity contribution in [2.75, 3.05) is 38.8 Å². The number of ether oxygens (including phenoxy) is 2. The van der Waals surface area contributed by atoms with Crippen LogP contribution >= 0.6 is 0 Å². The Morgan fingerprint density at radius 1 is 0.767 bits per heavy atom. The summed E-state index contributed by atoms with van der Waals surface area (Å²) in [4.78, 5) is 6.98. The molecule has 0 radical (unpaired) electrons. The van der Waals surface area contributed by atoms with E-state index >= 15 is 0 Å². The summed E-state index contributed by atoms with van der Waals surface area (Å²) in [6, 6.07) is 2.14. The quantitative estimate of drug-likeness (QED) is 0.223. The summed E-state index contributed by atoms with van der Waals surface area (Å²) in [6.07, 6.45) is 16.1. The number of anilines is 1. The largest absolute Gasteiger partial charge is 0.491 e.